The van der Waals surface area contributed by atoms with Gasteiger partial charge in [-0.25, -0.2) is 0 Å². The first-order valence-corrected chi connectivity index (χ1v) is 6.72. The van der Waals surface area contributed by atoms with Gasteiger partial charge in [-0.3, -0.25) is 4.79 Å². The summed E-state index contributed by atoms with van der Waals surface area (Å²) in [7, 11) is 0. The van der Waals surface area contributed by atoms with E-state index in [2.05, 4.69) is 5.32 Å². The highest BCUT2D eigenvalue weighted by Gasteiger charge is 2.43. The van der Waals surface area contributed by atoms with Gasteiger partial charge in [-0.15, -0.1) is 0 Å². The van der Waals surface area contributed by atoms with Crippen molar-refractivity contribution in [1.29, 1.82) is 0 Å². The minimum absolute atomic E-state index is 0.0479. The van der Waals surface area contributed by atoms with E-state index in [0.717, 1.165) is 0 Å². The topological polar surface area (TPSA) is 38.3 Å². The molecule has 1 aliphatic carbocycles. The zero-order valence-corrected chi connectivity index (χ0v) is 11.1. The molecular formula is C13H20F3NO2. The van der Waals surface area contributed by atoms with Crippen molar-refractivity contribution in [3.05, 3.63) is 0 Å². The van der Waals surface area contributed by atoms with Gasteiger partial charge in [0.15, 0.2) is 0 Å². The molecule has 0 aromatic carbocycles. The molecule has 2 unspecified atom stereocenters. The third kappa shape index (κ3) is 3.61. The fraction of sp³-hybridized carbons (Fsp3) is 0.923. The van der Waals surface area contributed by atoms with Gasteiger partial charge in [0.05, 0.1) is 19.1 Å². The minimum Gasteiger partial charge on any atom is -0.380 e. The van der Waals surface area contributed by atoms with E-state index >= 15 is 0 Å². The number of ether oxygens (including phenoxy) is 1. The maximum Gasteiger partial charge on any atom is 0.391 e. The molecule has 2 fully saturated rings. The fourth-order valence-corrected chi connectivity index (χ4v) is 2.72. The number of rotatable bonds is 3. The molecule has 0 bridgehead atoms. The van der Waals surface area contributed by atoms with Crippen molar-refractivity contribution in [2.75, 3.05) is 19.8 Å². The van der Waals surface area contributed by atoms with Crippen molar-refractivity contribution in [2.24, 2.45) is 17.3 Å². The number of halogens is 3. The lowest BCUT2D eigenvalue weighted by Crippen LogP contribution is -2.50. The summed E-state index contributed by atoms with van der Waals surface area (Å²) in [6.07, 6.45) is -3.05. The van der Waals surface area contributed by atoms with Crippen LogP contribution in [0.1, 0.15) is 32.6 Å². The molecule has 6 heteroatoms. The van der Waals surface area contributed by atoms with E-state index in [1.807, 2.05) is 6.92 Å². The van der Waals surface area contributed by atoms with Gasteiger partial charge < -0.3 is 10.1 Å². The molecule has 1 saturated carbocycles. The molecule has 0 radical (unpaired) electrons. The number of carbonyl (C=O) groups excluding carboxylic acids is 1. The zero-order chi connectivity index (χ0) is 14.1. The maximum atomic E-state index is 12.7. The van der Waals surface area contributed by atoms with E-state index in [0.29, 0.717) is 32.6 Å². The van der Waals surface area contributed by atoms with Gasteiger partial charge in [-0.05, 0) is 19.3 Å². The standard InChI is InChI=1S/C13H20F3NO2/c1-12(7-19-8-12)6-17-11(18)9-3-2-4-10(5-9)13(14,15)16/h9-10H,2-8H2,1H3,(H,17,18). The summed E-state index contributed by atoms with van der Waals surface area (Å²) >= 11 is 0. The number of amides is 1. The van der Waals surface area contributed by atoms with E-state index in [1.165, 1.54) is 0 Å². The molecule has 2 atom stereocenters. The van der Waals surface area contributed by atoms with Crippen molar-refractivity contribution >= 4 is 5.91 Å². The monoisotopic (exact) mass is 279 g/mol. The molecule has 1 aliphatic heterocycles. The van der Waals surface area contributed by atoms with Gasteiger partial charge >= 0.3 is 6.18 Å². The van der Waals surface area contributed by atoms with Crippen molar-refractivity contribution < 1.29 is 22.7 Å². The lowest BCUT2D eigenvalue weighted by atomic mass is 9.80. The van der Waals surface area contributed by atoms with Crippen LogP contribution in [0.3, 0.4) is 0 Å². The van der Waals surface area contributed by atoms with Gasteiger partial charge in [0, 0.05) is 17.9 Å². The Morgan fingerprint density at radius 3 is 2.58 bits per heavy atom. The predicted octanol–water partition coefficient (Wildman–Crippen LogP) is 2.51. The zero-order valence-electron chi connectivity index (χ0n) is 11.1. The highest BCUT2D eigenvalue weighted by molar-refractivity contribution is 5.78. The first-order chi connectivity index (χ1) is 8.80. The van der Waals surface area contributed by atoms with Crippen molar-refractivity contribution in [2.45, 2.75) is 38.8 Å². The molecule has 110 valence electrons. The van der Waals surface area contributed by atoms with E-state index in [4.69, 9.17) is 4.74 Å². The Morgan fingerprint density at radius 1 is 1.37 bits per heavy atom. The third-order valence-electron chi connectivity index (χ3n) is 4.10. The van der Waals surface area contributed by atoms with E-state index in [9.17, 15) is 18.0 Å². The van der Waals surface area contributed by atoms with Gasteiger partial charge in [0.25, 0.3) is 0 Å². The second-order valence-corrected chi connectivity index (χ2v) is 6.12. The summed E-state index contributed by atoms with van der Waals surface area (Å²) in [6, 6.07) is 0. The normalized spacial score (nSPS) is 30.5. The molecule has 1 saturated heterocycles. The lowest BCUT2D eigenvalue weighted by Gasteiger charge is -2.38. The van der Waals surface area contributed by atoms with Crippen molar-refractivity contribution in [1.82, 2.24) is 5.32 Å². The summed E-state index contributed by atoms with van der Waals surface area (Å²) < 4.78 is 43.1. The minimum atomic E-state index is -4.17. The SMILES string of the molecule is CC1(CNC(=O)C2CCCC(C(F)(F)F)C2)COC1. The smallest absolute Gasteiger partial charge is 0.380 e. The molecule has 0 aromatic rings. The summed E-state index contributed by atoms with van der Waals surface area (Å²) in [6.45, 7) is 3.68. The van der Waals surface area contributed by atoms with Crippen molar-refractivity contribution in [3.8, 4) is 0 Å². The van der Waals surface area contributed by atoms with Gasteiger partial charge in [-0.1, -0.05) is 13.3 Å². The van der Waals surface area contributed by atoms with Gasteiger partial charge in [0.1, 0.15) is 0 Å². The molecule has 1 amide bonds. The molecule has 1 heterocycles. The number of nitrogens with one attached hydrogen (secondary N) is 1. The summed E-state index contributed by atoms with van der Waals surface area (Å²) in [5.74, 6) is -2.05. The van der Waals surface area contributed by atoms with Gasteiger partial charge in [0.2, 0.25) is 5.91 Å². The average Bonchev–Trinajstić information content (AvgIpc) is 2.33. The highest BCUT2D eigenvalue weighted by atomic mass is 19.4. The first kappa shape index (κ1) is 14.6. The number of carbonyl (C=O) groups is 1. The first-order valence-electron chi connectivity index (χ1n) is 6.72. The van der Waals surface area contributed by atoms with Crippen LogP contribution in [0.5, 0.6) is 0 Å². The molecule has 0 spiro atoms. The second-order valence-electron chi connectivity index (χ2n) is 6.12. The Kier molecular flexibility index (Phi) is 4.08. The van der Waals surface area contributed by atoms with Crippen LogP contribution < -0.4 is 5.32 Å². The van der Waals surface area contributed by atoms with Crippen molar-refractivity contribution in [3.63, 3.8) is 0 Å². The molecule has 2 rings (SSSR count). The third-order valence-corrected chi connectivity index (χ3v) is 4.10. The molecular weight excluding hydrogens is 259 g/mol. The molecule has 3 nitrogen and oxygen atoms in total. The number of alkyl halides is 3. The Hall–Kier alpha value is -0.780. The van der Waals surface area contributed by atoms with E-state index < -0.39 is 18.0 Å². The lowest BCUT2D eigenvalue weighted by molar-refractivity contribution is -0.186. The second kappa shape index (κ2) is 5.31. The molecule has 0 aromatic heterocycles. The van der Waals surface area contributed by atoms with Crippen LogP contribution >= 0.6 is 0 Å². The van der Waals surface area contributed by atoms with Crippen LogP contribution in [-0.2, 0) is 9.53 Å². The molecule has 19 heavy (non-hydrogen) atoms. The Bertz CT molecular complexity index is 339. The van der Waals surface area contributed by atoms with E-state index in [-0.39, 0.29) is 24.2 Å². The predicted molar refractivity (Wildman–Crippen MR) is 63.4 cm³/mol. The number of hydrogen-bond donors (Lipinski definition) is 1. The van der Waals surface area contributed by atoms with Crippen LogP contribution in [-0.4, -0.2) is 31.8 Å². The summed E-state index contributed by atoms with van der Waals surface area (Å²) in [4.78, 5) is 11.9. The maximum absolute atomic E-state index is 12.7. The summed E-state index contributed by atoms with van der Waals surface area (Å²) in [5.41, 5.74) is -0.0479. The Labute approximate surface area is 110 Å². The highest BCUT2D eigenvalue weighted by Crippen LogP contribution is 2.40. The summed E-state index contributed by atoms with van der Waals surface area (Å²) in [5, 5.41) is 2.78. The van der Waals surface area contributed by atoms with Gasteiger partial charge in [-0.2, -0.15) is 13.2 Å². The molecule has 2 aliphatic rings. The quantitative estimate of drug-likeness (QED) is 0.862. The average molecular weight is 279 g/mol. The van der Waals surface area contributed by atoms with E-state index in [1.54, 1.807) is 0 Å². The van der Waals surface area contributed by atoms with Crippen LogP contribution in [0.4, 0.5) is 13.2 Å². The number of hydrogen-bond acceptors (Lipinski definition) is 2. The molecule has 1 N–H and O–H groups in total. The van der Waals surface area contributed by atoms with Crippen LogP contribution in [0.25, 0.3) is 0 Å². The fourth-order valence-electron chi connectivity index (χ4n) is 2.72. The Morgan fingerprint density at radius 2 is 2.05 bits per heavy atom. The largest absolute Gasteiger partial charge is 0.391 e. The van der Waals surface area contributed by atoms with Crippen LogP contribution in [0.15, 0.2) is 0 Å². The Balaban J connectivity index is 1.81. The van der Waals surface area contributed by atoms with Crippen LogP contribution in [0.2, 0.25) is 0 Å². The van der Waals surface area contributed by atoms with Crippen LogP contribution in [0, 0.1) is 17.3 Å².